The zero-order valence-corrected chi connectivity index (χ0v) is 6.68. The maximum atomic E-state index is 10.6. The molecule has 0 rings (SSSR count). The maximum Gasteiger partial charge on any atom is 0.356 e. The van der Waals surface area contributed by atoms with Crippen molar-refractivity contribution in [3.05, 3.63) is 12.2 Å². The maximum absolute atomic E-state index is 10.6. The summed E-state index contributed by atoms with van der Waals surface area (Å²) in [6, 6.07) is 0. The Morgan fingerprint density at radius 2 is 1.36 bits per heavy atom. The van der Waals surface area contributed by atoms with Gasteiger partial charge in [0.15, 0.2) is 0 Å². The quantitative estimate of drug-likeness (QED) is 0.243. The monoisotopic (exact) mass is 196 g/mol. The van der Waals surface area contributed by atoms with Gasteiger partial charge in [-0.1, -0.05) is 0 Å². The average Bonchev–Trinajstić information content (AvgIpc) is 2.20. The van der Waals surface area contributed by atoms with Crippen LogP contribution in [0.5, 0.6) is 0 Å². The highest BCUT2D eigenvalue weighted by molar-refractivity contribution is 5.91. The van der Waals surface area contributed by atoms with Gasteiger partial charge in [-0.15, -0.1) is 0 Å². The van der Waals surface area contributed by atoms with Gasteiger partial charge < -0.3 is 9.68 Å². The van der Waals surface area contributed by atoms with E-state index in [0.29, 0.717) is 12.2 Å². The standard InChI is InChI=1S/C6H4N4O4/c7-3-9-13-5(11)1-2-6(12)14-10-4-8/h1-2,9-10H/b2-1-. The molecule has 0 atom stereocenters. The zero-order valence-electron chi connectivity index (χ0n) is 6.68. The molecule has 0 heterocycles. The second-order valence-electron chi connectivity index (χ2n) is 1.60. The van der Waals surface area contributed by atoms with Crippen molar-refractivity contribution < 1.29 is 19.3 Å². The molecular formula is C6H4N4O4. The summed E-state index contributed by atoms with van der Waals surface area (Å²) < 4.78 is 0. The first-order valence-corrected chi connectivity index (χ1v) is 3.08. The molecule has 0 aromatic heterocycles. The third-order valence-corrected chi connectivity index (χ3v) is 0.750. The molecule has 0 bridgehead atoms. The Morgan fingerprint density at radius 1 is 1.00 bits per heavy atom. The first-order chi connectivity index (χ1) is 6.70. The molecule has 0 aliphatic carbocycles. The molecule has 0 aliphatic heterocycles. The minimum atomic E-state index is -0.958. The van der Waals surface area contributed by atoms with E-state index < -0.39 is 11.9 Å². The predicted octanol–water partition coefficient (Wildman–Crippen LogP) is -1.40. The van der Waals surface area contributed by atoms with Crippen molar-refractivity contribution in [1.82, 2.24) is 11.0 Å². The number of carbonyl (C=O) groups excluding carboxylic acids is 2. The molecular weight excluding hydrogens is 192 g/mol. The van der Waals surface area contributed by atoms with Gasteiger partial charge in [0.05, 0.1) is 0 Å². The van der Waals surface area contributed by atoms with Gasteiger partial charge in [-0.3, -0.25) is 0 Å². The molecule has 0 spiro atoms. The fraction of sp³-hybridized carbons (Fsp3) is 0. The number of hydroxylamine groups is 2. The summed E-state index contributed by atoms with van der Waals surface area (Å²) in [4.78, 5) is 29.2. The van der Waals surface area contributed by atoms with E-state index in [1.807, 2.05) is 0 Å². The van der Waals surface area contributed by atoms with Crippen LogP contribution in [0, 0.1) is 22.9 Å². The molecule has 8 heteroatoms. The summed E-state index contributed by atoms with van der Waals surface area (Å²) in [6.45, 7) is 0. The lowest BCUT2D eigenvalue weighted by Crippen LogP contribution is -2.15. The Bertz CT molecular complexity index is 292. The molecule has 0 radical (unpaired) electrons. The van der Waals surface area contributed by atoms with Crippen LogP contribution >= 0.6 is 0 Å². The number of hydrogen-bond acceptors (Lipinski definition) is 8. The lowest BCUT2D eigenvalue weighted by atomic mass is 10.5. The number of hydrogen-bond donors (Lipinski definition) is 2. The third kappa shape index (κ3) is 6.00. The highest BCUT2D eigenvalue weighted by Crippen LogP contribution is 1.80. The lowest BCUT2D eigenvalue weighted by molar-refractivity contribution is -0.145. The van der Waals surface area contributed by atoms with Gasteiger partial charge in [0.25, 0.3) is 0 Å². The predicted molar refractivity (Wildman–Crippen MR) is 38.8 cm³/mol. The van der Waals surface area contributed by atoms with Gasteiger partial charge in [0, 0.05) is 12.2 Å². The Labute approximate surface area is 78.2 Å². The van der Waals surface area contributed by atoms with Gasteiger partial charge in [0.1, 0.15) is 0 Å². The second kappa shape index (κ2) is 6.94. The number of carbonyl (C=O) groups is 2. The summed E-state index contributed by atoms with van der Waals surface area (Å²) in [5, 5.41) is 15.8. The number of nitrogens with zero attached hydrogens (tertiary/aromatic N) is 2. The van der Waals surface area contributed by atoms with Crippen LogP contribution in [0.15, 0.2) is 12.2 Å². The number of nitrogens with one attached hydrogen (secondary N) is 2. The van der Waals surface area contributed by atoms with Crippen molar-refractivity contribution in [2.45, 2.75) is 0 Å². The largest absolute Gasteiger partial charge is 0.356 e. The number of nitriles is 2. The lowest BCUT2D eigenvalue weighted by Gasteiger charge is -1.94. The first-order valence-electron chi connectivity index (χ1n) is 3.08. The van der Waals surface area contributed by atoms with Crippen LogP contribution in [0.25, 0.3) is 0 Å². The molecule has 0 unspecified atom stereocenters. The van der Waals surface area contributed by atoms with Crippen LogP contribution in [0.2, 0.25) is 0 Å². The highest BCUT2D eigenvalue weighted by Gasteiger charge is 1.99. The van der Waals surface area contributed by atoms with Crippen molar-refractivity contribution in [2.75, 3.05) is 0 Å². The fourth-order valence-electron chi connectivity index (χ4n) is 0.350. The van der Waals surface area contributed by atoms with Crippen LogP contribution in [-0.2, 0) is 19.3 Å². The molecule has 0 amide bonds. The van der Waals surface area contributed by atoms with Crippen molar-refractivity contribution in [3.8, 4) is 12.4 Å². The summed E-state index contributed by atoms with van der Waals surface area (Å²) in [7, 11) is 0. The minimum Gasteiger partial charge on any atom is -0.329 e. The second-order valence-corrected chi connectivity index (χ2v) is 1.60. The van der Waals surface area contributed by atoms with Crippen LogP contribution in [0.4, 0.5) is 0 Å². The van der Waals surface area contributed by atoms with E-state index in [9.17, 15) is 9.59 Å². The fourth-order valence-corrected chi connectivity index (χ4v) is 0.350. The van der Waals surface area contributed by atoms with Gasteiger partial charge in [-0.2, -0.15) is 21.5 Å². The van der Waals surface area contributed by atoms with E-state index in [2.05, 4.69) is 9.68 Å². The Morgan fingerprint density at radius 3 is 1.64 bits per heavy atom. The number of rotatable bonds is 4. The SMILES string of the molecule is N#CNOC(=O)/C=C\C(=O)ONC#N. The van der Waals surface area contributed by atoms with Crippen molar-refractivity contribution in [2.24, 2.45) is 0 Å². The van der Waals surface area contributed by atoms with Crippen LogP contribution in [0.1, 0.15) is 0 Å². The third-order valence-electron chi connectivity index (χ3n) is 0.750. The molecule has 2 N–H and O–H groups in total. The van der Waals surface area contributed by atoms with E-state index in [-0.39, 0.29) is 0 Å². The normalized spacial score (nSPS) is 8.14. The highest BCUT2D eigenvalue weighted by atomic mass is 16.7. The molecule has 8 nitrogen and oxygen atoms in total. The van der Waals surface area contributed by atoms with Gasteiger partial charge >= 0.3 is 11.9 Å². The summed E-state index contributed by atoms with van der Waals surface area (Å²) >= 11 is 0. The average molecular weight is 196 g/mol. The van der Waals surface area contributed by atoms with E-state index in [1.165, 1.54) is 12.4 Å². The first kappa shape index (κ1) is 11.3. The summed E-state index contributed by atoms with van der Waals surface area (Å²) in [5.41, 5.74) is 3.20. The Kier molecular flexibility index (Phi) is 5.58. The van der Waals surface area contributed by atoms with Crippen molar-refractivity contribution >= 4 is 11.9 Å². The van der Waals surface area contributed by atoms with Crippen LogP contribution in [-0.4, -0.2) is 11.9 Å². The Hall–Kier alpha value is -2.74. The van der Waals surface area contributed by atoms with Gasteiger partial charge in [-0.05, 0) is 0 Å². The molecule has 0 fully saturated rings. The van der Waals surface area contributed by atoms with E-state index in [0.717, 1.165) is 0 Å². The summed E-state index contributed by atoms with van der Waals surface area (Å²) in [6.07, 6.45) is 4.07. The Balaban J connectivity index is 3.82. The van der Waals surface area contributed by atoms with Crippen LogP contribution < -0.4 is 11.0 Å². The molecule has 0 saturated carbocycles. The summed E-state index contributed by atoms with van der Waals surface area (Å²) in [5.74, 6) is -1.92. The molecule has 0 aromatic rings. The molecule has 72 valence electrons. The van der Waals surface area contributed by atoms with E-state index in [4.69, 9.17) is 10.5 Å². The van der Waals surface area contributed by atoms with Crippen molar-refractivity contribution in [3.63, 3.8) is 0 Å². The van der Waals surface area contributed by atoms with Gasteiger partial charge in [0.2, 0.25) is 12.4 Å². The van der Waals surface area contributed by atoms with Crippen molar-refractivity contribution in [1.29, 1.82) is 10.5 Å². The molecule has 0 aliphatic rings. The van der Waals surface area contributed by atoms with E-state index >= 15 is 0 Å². The molecule has 0 aromatic carbocycles. The van der Waals surface area contributed by atoms with E-state index in [1.54, 1.807) is 11.0 Å². The van der Waals surface area contributed by atoms with Crippen LogP contribution in [0.3, 0.4) is 0 Å². The molecule has 0 saturated heterocycles. The molecule has 14 heavy (non-hydrogen) atoms. The minimum absolute atomic E-state index is 0.714. The topological polar surface area (TPSA) is 124 Å². The zero-order chi connectivity index (χ0) is 10.8. The smallest absolute Gasteiger partial charge is 0.329 e. The van der Waals surface area contributed by atoms with Gasteiger partial charge in [-0.25, -0.2) is 9.59 Å².